The lowest BCUT2D eigenvalue weighted by atomic mass is 10.2. The summed E-state index contributed by atoms with van der Waals surface area (Å²) in [7, 11) is -2.22. The van der Waals surface area contributed by atoms with E-state index in [1.807, 2.05) is 0 Å². The van der Waals surface area contributed by atoms with Crippen LogP contribution in [-0.2, 0) is 14.8 Å². The molecule has 0 bridgehead atoms. The zero-order chi connectivity index (χ0) is 22.6. The van der Waals surface area contributed by atoms with Gasteiger partial charge in [-0.15, -0.1) is 10.2 Å². The van der Waals surface area contributed by atoms with Gasteiger partial charge in [-0.25, -0.2) is 8.42 Å². The Morgan fingerprint density at radius 1 is 1.16 bits per heavy atom. The third-order valence-electron chi connectivity index (χ3n) is 4.40. The van der Waals surface area contributed by atoms with Crippen LogP contribution in [0.2, 0.25) is 5.02 Å². The lowest BCUT2D eigenvalue weighted by Crippen LogP contribution is -2.46. The van der Waals surface area contributed by atoms with E-state index in [9.17, 15) is 13.2 Å². The first-order valence-electron chi connectivity index (χ1n) is 9.26. The van der Waals surface area contributed by atoms with E-state index in [1.54, 1.807) is 55.5 Å². The van der Waals surface area contributed by atoms with Crippen LogP contribution >= 0.6 is 22.9 Å². The van der Waals surface area contributed by atoms with Gasteiger partial charge in [-0.1, -0.05) is 42.0 Å². The number of carbonyl (C=O) groups excluding carboxylic acids is 1. The molecule has 0 spiro atoms. The molecule has 0 unspecified atom stereocenters. The Morgan fingerprint density at radius 2 is 1.81 bits per heavy atom. The zero-order valence-corrected chi connectivity index (χ0v) is 19.5. The predicted molar refractivity (Wildman–Crippen MR) is 123 cm³/mol. The number of nitrogens with one attached hydrogen (secondary N) is 1. The summed E-state index contributed by atoms with van der Waals surface area (Å²) in [5, 5.41) is 12.3. The molecule has 1 N–H and O–H groups in total. The lowest BCUT2D eigenvalue weighted by molar-refractivity contribution is -0.117. The Hall–Kier alpha value is -2.69. The molecular formula is C20H21ClN4O4S2. The monoisotopic (exact) mass is 480 g/mol. The van der Waals surface area contributed by atoms with Crippen LogP contribution in [0.3, 0.4) is 0 Å². The first-order valence-corrected chi connectivity index (χ1v) is 12.3. The van der Waals surface area contributed by atoms with Crippen LogP contribution in [0.4, 0.5) is 10.8 Å². The second-order valence-electron chi connectivity index (χ2n) is 6.59. The molecule has 8 nitrogen and oxygen atoms in total. The van der Waals surface area contributed by atoms with E-state index in [0.717, 1.165) is 16.1 Å². The van der Waals surface area contributed by atoms with Crippen molar-refractivity contribution in [3.63, 3.8) is 0 Å². The summed E-state index contributed by atoms with van der Waals surface area (Å²) in [5.41, 5.74) is 1.18. The van der Waals surface area contributed by atoms with Crippen molar-refractivity contribution < 1.29 is 17.9 Å². The summed E-state index contributed by atoms with van der Waals surface area (Å²) >= 11 is 7.09. The van der Waals surface area contributed by atoms with E-state index in [4.69, 9.17) is 16.3 Å². The van der Waals surface area contributed by atoms with Crippen molar-refractivity contribution in [3.05, 3.63) is 53.6 Å². The standard InChI is InChI=1S/C20H21ClN4O4S2/c1-4-17(25(31(3,27)28)15-9-11-16(29-2)12-10-15)18(26)22-20-24-23-19(30-20)13-5-7-14(21)8-6-13/h5-12,17H,4H2,1-3H3,(H,22,24,26)/t17-/m1/s1. The van der Waals surface area contributed by atoms with Crippen LogP contribution in [0.25, 0.3) is 10.6 Å². The Labute approximate surface area is 189 Å². The summed E-state index contributed by atoms with van der Waals surface area (Å²) in [6, 6.07) is 12.6. The molecule has 3 aromatic rings. The molecule has 1 atom stereocenters. The first kappa shape index (κ1) is 23.0. The number of sulfonamides is 1. The number of ether oxygens (including phenoxy) is 1. The number of rotatable bonds is 8. The van der Waals surface area contributed by atoms with E-state index in [2.05, 4.69) is 15.5 Å². The lowest BCUT2D eigenvalue weighted by Gasteiger charge is -2.29. The molecule has 31 heavy (non-hydrogen) atoms. The number of amides is 1. The van der Waals surface area contributed by atoms with Crippen molar-refractivity contribution in [1.29, 1.82) is 0 Å². The van der Waals surface area contributed by atoms with Gasteiger partial charge in [0.25, 0.3) is 0 Å². The molecule has 0 radical (unpaired) electrons. The third kappa shape index (κ3) is 5.52. The summed E-state index contributed by atoms with van der Waals surface area (Å²) in [5.74, 6) is 0.0841. The molecule has 1 amide bonds. The van der Waals surface area contributed by atoms with E-state index in [-0.39, 0.29) is 11.6 Å². The Kier molecular flexibility index (Phi) is 7.14. The maximum Gasteiger partial charge on any atom is 0.250 e. The Bertz CT molecular complexity index is 1150. The number of nitrogens with zero attached hydrogens (tertiary/aromatic N) is 3. The van der Waals surface area contributed by atoms with Gasteiger partial charge < -0.3 is 4.74 Å². The van der Waals surface area contributed by atoms with E-state index >= 15 is 0 Å². The van der Waals surface area contributed by atoms with Crippen LogP contribution in [-0.4, -0.2) is 43.9 Å². The Morgan fingerprint density at radius 3 is 2.35 bits per heavy atom. The van der Waals surface area contributed by atoms with E-state index in [0.29, 0.717) is 21.5 Å². The smallest absolute Gasteiger partial charge is 0.250 e. The molecule has 3 rings (SSSR count). The normalized spacial score (nSPS) is 12.3. The molecule has 164 valence electrons. The number of hydrogen-bond donors (Lipinski definition) is 1. The maximum atomic E-state index is 13.0. The minimum Gasteiger partial charge on any atom is -0.497 e. The van der Waals surface area contributed by atoms with Crippen molar-refractivity contribution in [2.24, 2.45) is 0 Å². The second-order valence-corrected chi connectivity index (χ2v) is 9.86. The van der Waals surface area contributed by atoms with Gasteiger partial charge in [0.15, 0.2) is 0 Å². The van der Waals surface area contributed by atoms with Crippen molar-refractivity contribution in [1.82, 2.24) is 10.2 Å². The number of aromatic nitrogens is 2. The van der Waals surface area contributed by atoms with Crippen molar-refractivity contribution in [2.45, 2.75) is 19.4 Å². The van der Waals surface area contributed by atoms with Crippen LogP contribution in [0.15, 0.2) is 48.5 Å². The average molecular weight is 481 g/mol. The van der Waals surface area contributed by atoms with Gasteiger partial charge in [-0.3, -0.25) is 14.4 Å². The zero-order valence-electron chi connectivity index (χ0n) is 17.1. The number of anilines is 2. The van der Waals surface area contributed by atoms with Crippen molar-refractivity contribution in [3.8, 4) is 16.3 Å². The predicted octanol–water partition coefficient (Wildman–Crippen LogP) is 4.05. The molecular weight excluding hydrogens is 460 g/mol. The van der Waals surface area contributed by atoms with E-state index in [1.165, 1.54) is 18.4 Å². The molecule has 0 aliphatic rings. The van der Waals surface area contributed by atoms with Crippen LogP contribution in [0.5, 0.6) is 5.75 Å². The van der Waals surface area contributed by atoms with Gasteiger partial charge in [0, 0.05) is 10.6 Å². The molecule has 0 fully saturated rings. The van der Waals surface area contributed by atoms with Gasteiger partial charge in [0.05, 0.1) is 19.1 Å². The molecule has 11 heteroatoms. The van der Waals surface area contributed by atoms with E-state index < -0.39 is 22.0 Å². The molecule has 0 saturated carbocycles. The van der Waals surface area contributed by atoms with Crippen molar-refractivity contribution >= 4 is 49.7 Å². The fourth-order valence-electron chi connectivity index (χ4n) is 2.96. The average Bonchev–Trinajstić information content (AvgIpc) is 3.20. The molecule has 1 heterocycles. The highest BCUT2D eigenvalue weighted by molar-refractivity contribution is 7.92. The Balaban J connectivity index is 1.84. The van der Waals surface area contributed by atoms with Gasteiger partial charge in [-0.05, 0) is 42.8 Å². The summed E-state index contributed by atoms with van der Waals surface area (Å²) in [6.07, 6.45) is 1.32. The molecule has 1 aromatic heterocycles. The quantitative estimate of drug-likeness (QED) is 0.522. The summed E-state index contributed by atoms with van der Waals surface area (Å²) in [4.78, 5) is 13.0. The second kappa shape index (κ2) is 9.63. The molecule has 2 aromatic carbocycles. The summed E-state index contributed by atoms with van der Waals surface area (Å²) in [6.45, 7) is 1.74. The van der Waals surface area contributed by atoms with Crippen LogP contribution < -0.4 is 14.4 Å². The number of methoxy groups -OCH3 is 1. The number of benzene rings is 2. The van der Waals surface area contributed by atoms with Crippen molar-refractivity contribution in [2.75, 3.05) is 23.0 Å². The topological polar surface area (TPSA) is 101 Å². The highest BCUT2D eigenvalue weighted by Crippen LogP contribution is 2.29. The minimum absolute atomic E-state index is 0.258. The largest absolute Gasteiger partial charge is 0.497 e. The number of hydrogen-bond acceptors (Lipinski definition) is 7. The number of carbonyl (C=O) groups is 1. The fourth-order valence-corrected chi connectivity index (χ4v) is 5.05. The molecule has 0 aliphatic carbocycles. The molecule has 0 aliphatic heterocycles. The van der Waals surface area contributed by atoms with Gasteiger partial charge in [-0.2, -0.15) is 0 Å². The van der Waals surface area contributed by atoms with Gasteiger partial charge >= 0.3 is 0 Å². The number of halogens is 1. The third-order valence-corrected chi connectivity index (χ3v) is 6.72. The summed E-state index contributed by atoms with van der Waals surface area (Å²) < 4.78 is 31.3. The SMILES string of the molecule is CC[C@H](C(=O)Nc1nnc(-c2ccc(Cl)cc2)s1)N(c1ccc(OC)cc1)S(C)(=O)=O. The van der Waals surface area contributed by atoms with Crippen LogP contribution in [0.1, 0.15) is 13.3 Å². The first-order chi connectivity index (χ1) is 14.7. The molecule has 0 saturated heterocycles. The maximum absolute atomic E-state index is 13.0. The van der Waals surface area contributed by atoms with Crippen LogP contribution in [0, 0.1) is 0 Å². The minimum atomic E-state index is -3.74. The highest BCUT2D eigenvalue weighted by Gasteiger charge is 2.32. The fraction of sp³-hybridized carbons (Fsp3) is 0.250. The highest BCUT2D eigenvalue weighted by atomic mass is 35.5. The van der Waals surface area contributed by atoms with Gasteiger partial charge in [0.2, 0.25) is 21.1 Å². The van der Waals surface area contributed by atoms with Gasteiger partial charge in [0.1, 0.15) is 16.8 Å².